The van der Waals surface area contributed by atoms with Crippen molar-refractivity contribution >= 4 is 43.6 Å². The van der Waals surface area contributed by atoms with E-state index in [4.69, 9.17) is 0 Å². The van der Waals surface area contributed by atoms with E-state index in [1.807, 2.05) is 75.9 Å². The summed E-state index contributed by atoms with van der Waals surface area (Å²) in [6.45, 7) is 0. The van der Waals surface area contributed by atoms with Crippen LogP contribution in [0.1, 0.15) is 27.8 Å². The Morgan fingerprint density at radius 2 is 0.940 bits per heavy atom. The zero-order valence-electron chi connectivity index (χ0n) is 25.8. The van der Waals surface area contributed by atoms with Crippen molar-refractivity contribution in [2.45, 2.75) is 6.18 Å². The van der Waals surface area contributed by atoms with Crippen LogP contribution in [0.3, 0.4) is 0 Å². The number of nitrogens with zero attached hydrogens (tertiary/aromatic N) is 6. The molecule has 0 aliphatic rings. The van der Waals surface area contributed by atoms with Crippen molar-refractivity contribution in [3.05, 3.63) is 143 Å². The molecular formula is C41H19F3N6. The second-order valence-electron chi connectivity index (χ2n) is 11.8. The number of hydrogen-bond acceptors (Lipinski definition) is 4. The number of benzene rings is 6. The Hall–Kier alpha value is -7.33. The molecule has 50 heavy (non-hydrogen) atoms. The molecule has 8 aromatic rings. The Balaban J connectivity index is 1.63. The van der Waals surface area contributed by atoms with Gasteiger partial charge in [-0.3, -0.25) is 0 Å². The van der Waals surface area contributed by atoms with Gasteiger partial charge in [0.2, 0.25) is 0 Å². The second kappa shape index (κ2) is 11.1. The monoisotopic (exact) mass is 652 g/mol. The highest BCUT2D eigenvalue weighted by Crippen LogP contribution is 2.44. The minimum absolute atomic E-state index is 0.208. The summed E-state index contributed by atoms with van der Waals surface area (Å²) in [6, 6.07) is 40.7. The smallest absolute Gasteiger partial charge is 0.308 e. The van der Waals surface area contributed by atoms with Gasteiger partial charge in [-0.2, -0.15) is 34.2 Å². The van der Waals surface area contributed by atoms with Crippen LogP contribution in [0.25, 0.3) is 66.1 Å². The third kappa shape index (κ3) is 4.47. The lowest BCUT2D eigenvalue weighted by molar-refractivity contribution is -0.137. The third-order valence-electron chi connectivity index (χ3n) is 9.05. The molecule has 0 saturated heterocycles. The molecule has 2 heterocycles. The summed E-state index contributed by atoms with van der Waals surface area (Å²) in [4.78, 5) is 0. The minimum atomic E-state index is -4.69. The summed E-state index contributed by atoms with van der Waals surface area (Å²) in [5.41, 5.74) is 3.95. The van der Waals surface area contributed by atoms with Crippen LogP contribution in [0, 0.1) is 45.3 Å². The van der Waals surface area contributed by atoms with Crippen LogP contribution < -0.4 is 0 Å². The SMILES string of the molecule is N#Cc1cc(-n2c3ccccc3c3ccc(C#N)cc32)c(-c2ccc(C(F)(F)F)cc2C#N)c(-n2c3ccccc3c3ccc(C#N)cc32)c1. The summed E-state index contributed by atoms with van der Waals surface area (Å²) in [5.74, 6) is 0. The molecule has 6 aromatic carbocycles. The molecule has 0 aliphatic carbocycles. The van der Waals surface area contributed by atoms with Crippen molar-refractivity contribution in [2.75, 3.05) is 0 Å². The molecule has 0 N–H and O–H groups in total. The topological polar surface area (TPSA) is 105 Å². The zero-order valence-corrected chi connectivity index (χ0v) is 25.8. The van der Waals surface area contributed by atoms with Gasteiger partial charge in [0.25, 0.3) is 0 Å². The summed E-state index contributed by atoms with van der Waals surface area (Å²) in [7, 11) is 0. The molecule has 234 valence electrons. The van der Waals surface area contributed by atoms with E-state index in [-0.39, 0.29) is 16.7 Å². The predicted molar refractivity (Wildman–Crippen MR) is 184 cm³/mol. The fourth-order valence-corrected chi connectivity index (χ4v) is 6.94. The van der Waals surface area contributed by atoms with Crippen molar-refractivity contribution in [3.8, 4) is 46.8 Å². The molecule has 6 nitrogen and oxygen atoms in total. The lowest BCUT2D eigenvalue weighted by Gasteiger charge is -2.22. The van der Waals surface area contributed by atoms with E-state index in [0.29, 0.717) is 39.1 Å². The molecule has 0 aliphatic heterocycles. The van der Waals surface area contributed by atoms with Gasteiger partial charge in [-0.25, -0.2) is 0 Å². The number of para-hydroxylation sites is 2. The van der Waals surface area contributed by atoms with Crippen LogP contribution in [0.5, 0.6) is 0 Å². The molecule has 0 amide bonds. The highest BCUT2D eigenvalue weighted by atomic mass is 19.4. The van der Waals surface area contributed by atoms with Crippen molar-refractivity contribution in [2.24, 2.45) is 0 Å². The number of hydrogen-bond donors (Lipinski definition) is 0. The van der Waals surface area contributed by atoms with E-state index in [2.05, 4.69) is 18.2 Å². The van der Waals surface area contributed by atoms with E-state index in [1.165, 1.54) is 6.07 Å². The highest BCUT2D eigenvalue weighted by Gasteiger charge is 2.32. The number of fused-ring (bicyclic) bond motifs is 6. The van der Waals surface area contributed by atoms with Crippen LogP contribution in [0.2, 0.25) is 0 Å². The number of nitriles is 4. The van der Waals surface area contributed by atoms with Crippen LogP contribution >= 0.6 is 0 Å². The zero-order chi connectivity index (χ0) is 34.7. The summed E-state index contributed by atoms with van der Waals surface area (Å²) < 4.78 is 45.7. The van der Waals surface area contributed by atoms with E-state index < -0.39 is 11.7 Å². The number of rotatable bonds is 3. The average molecular weight is 653 g/mol. The summed E-state index contributed by atoms with van der Waals surface area (Å²) >= 11 is 0. The van der Waals surface area contributed by atoms with Gasteiger partial charge in [0.1, 0.15) is 0 Å². The van der Waals surface area contributed by atoms with Gasteiger partial charge in [-0.1, -0.05) is 54.6 Å². The molecule has 0 unspecified atom stereocenters. The van der Waals surface area contributed by atoms with Gasteiger partial charge < -0.3 is 9.13 Å². The molecule has 0 fully saturated rings. The summed E-state index contributed by atoms with van der Waals surface area (Å²) in [5, 5.41) is 43.9. The van der Waals surface area contributed by atoms with Crippen LogP contribution in [-0.2, 0) is 6.18 Å². The van der Waals surface area contributed by atoms with E-state index in [0.717, 1.165) is 44.7 Å². The Morgan fingerprint density at radius 3 is 1.40 bits per heavy atom. The van der Waals surface area contributed by atoms with Gasteiger partial charge in [-0.15, -0.1) is 0 Å². The van der Waals surface area contributed by atoms with E-state index in [1.54, 1.807) is 36.4 Å². The van der Waals surface area contributed by atoms with E-state index in [9.17, 15) is 34.2 Å². The predicted octanol–water partition coefficient (Wildman–Crippen LogP) is 10.1. The first-order valence-electron chi connectivity index (χ1n) is 15.3. The molecule has 0 spiro atoms. The van der Waals surface area contributed by atoms with Crippen LogP contribution in [0.15, 0.2) is 115 Å². The normalized spacial score (nSPS) is 11.4. The maximum atomic E-state index is 14.0. The van der Waals surface area contributed by atoms with Crippen molar-refractivity contribution in [1.82, 2.24) is 9.13 Å². The first-order chi connectivity index (χ1) is 24.2. The Morgan fingerprint density at radius 1 is 0.460 bits per heavy atom. The van der Waals surface area contributed by atoms with Crippen molar-refractivity contribution in [3.63, 3.8) is 0 Å². The van der Waals surface area contributed by atoms with Gasteiger partial charge in [0, 0.05) is 32.7 Å². The molecule has 9 heteroatoms. The van der Waals surface area contributed by atoms with E-state index >= 15 is 0 Å². The van der Waals surface area contributed by atoms with Crippen molar-refractivity contribution in [1.29, 1.82) is 21.0 Å². The molecule has 8 rings (SSSR count). The third-order valence-corrected chi connectivity index (χ3v) is 9.05. The molecule has 0 atom stereocenters. The summed E-state index contributed by atoms with van der Waals surface area (Å²) in [6.07, 6.45) is -4.69. The lowest BCUT2D eigenvalue weighted by Crippen LogP contribution is -2.08. The largest absolute Gasteiger partial charge is 0.416 e. The first-order valence-corrected chi connectivity index (χ1v) is 15.3. The van der Waals surface area contributed by atoms with Gasteiger partial charge in [0.15, 0.2) is 0 Å². The van der Waals surface area contributed by atoms with Gasteiger partial charge in [-0.05, 0) is 60.7 Å². The second-order valence-corrected chi connectivity index (χ2v) is 11.8. The molecule has 0 saturated carbocycles. The quantitative estimate of drug-likeness (QED) is 0.189. The maximum Gasteiger partial charge on any atom is 0.416 e. The van der Waals surface area contributed by atoms with Crippen LogP contribution in [0.4, 0.5) is 13.2 Å². The van der Waals surface area contributed by atoms with Gasteiger partial charge in [0.05, 0.1) is 85.5 Å². The maximum absolute atomic E-state index is 14.0. The standard InChI is InChI=1S/C41H19F3N6/c42-41(43,44)28-11-14-29(27(19-28)23-48)40-38(49-34-7-3-1-5-30(34)32-12-9-24(20-45)15-36(32)49)17-26(22-47)18-39(40)50-35-8-4-2-6-31(35)33-13-10-25(21-46)16-37(33)50/h1-19H. The lowest BCUT2D eigenvalue weighted by atomic mass is 9.93. The molecule has 0 bridgehead atoms. The molecule has 0 radical (unpaired) electrons. The number of alkyl halides is 3. The van der Waals surface area contributed by atoms with Crippen LogP contribution in [-0.4, -0.2) is 9.13 Å². The Bertz CT molecular complexity index is 2760. The first kappa shape index (κ1) is 30.0. The fourth-order valence-electron chi connectivity index (χ4n) is 6.94. The Kier molecular flexibility index (Phi) is 6.69. The van der Waals surface area contributed by atoms with Crippen molar-refractivity contribution < 1.29 is 13.2 Å². The molecular weight excluding hydrogens is 633 g/mol. The number of aromatic nitrogens is 2. The van der Waals surface area contributed by atoms with Gasteiger partial charge >= 0.3 is 6.18 Å². The minimum Gasteiger partial charge on any atom is -0.308 e. The molecule has 2 aromatic heterocycles. The fraction of sp³-hybridized carbons (Fsp3) is 0.0244. The number of halogens is 3. The Labute approximate surface area is 282 Å². The highest BCUT2D eigenvalue weighted by molar-refractivity contribution is 6.12. The average Bonchev–Trinajstić information content (AvgIpc) is 3.65.